The third kappa shape index (κ3) is 3.45. The lowest BCUT2D eigenvalue weighted by Crippen LogP contribution is -2.25. The molecule has 1 saturated heterocycles. The van der Waals surface area contributed by atoms with Crippen LogP contribution in [0.4, 0.5) is 5.69 Å². The van der Waals surface area contributed by atoms with Crippen molar-refractivity contribution in [2.45, 2.75) is 70.9 Å². The summed E-state index contributed by atoms with van der Waals surface area (Å²) in [5.41, 5.74) is 8.94. The molecule has 0 radical (unpaired) electrons. The molecule has 1 aliphatic carbocycles. The van der Waals surface area contributed by atoms with Crippen LogP contribution < -0.4 is 5.73 Å². The lowest BCUT2D eigenvalue weighted by molar-refractivity contribution is -0.160. The molecule has 2 aliphatic rings. The van der Waals surface area contributed by atoms with Crippen molar-refractivity contribution in [3.05, 3.63) is 36.0 Å². The standard InChI is InChI=1S/C22H30N2O2/c1-14-11-17(21-20(14)25-22(2,3)26-21)8-5-4-7-15-12-16-9-6-10-18(23)19(16)24-13-15/h6,9-10,12-14,17,20-21H,4-5,7-8,11,23H2,1-3H3/t14-,17+,20+,21-/m1/s1. The van der Waals surface area contributed by atoms with Gasteiger partial charge in [0.05, 0.1) is 23.4 Å². The maximum atomic E-state index is 6.19. The Labute approximate surface area is 156 Å². The number of ether oxygens (including phenoxy) is 2. The van der Waals surface area contributed by atoms with Gasteiger partial charge in [0.25, 0.3) is 0 Å². The number of nitrogens with two attached hydrogens (primary N) is 1. The molecule has 2 N–H and O–H groups in total. The second-order valence-corrected chi connectivity index (χ2v) is 8.55. The molecule has 4 nitrogen and oxygen atoms in total. The summed E-state index contributed by atoms with van der Waals surface area (Å²) in [6, 6.07) is 8.21. The molecule has 2 fully saturated rings. The Bertz CT molecular complexity index is 789. The number of anilines is 1. The number of aryl methyl sites for hydroxylation is 1. The van der Waals surface area contributed by atoms with Gasteiger partial charge >= 0.3 is 0 Å². The molecule has 1 aliphatic heterocycles. The molecular formula is C22H30N2O2. The van der Waals surface area contributed by atoms with Crippen LogP contribution in [0.2, 0.25) is 0 Å². The van der Waals surface area contributed by atoms with Crippen LogP contribution in [0.15, 0.2) is 30.5 Å². The molecule has 1 aromatic heterocycles. The summed E-state index contributed by atoms with van der Waals surface area (Å²) >= 11 is 0. The van der Waals surface area contributed by atoms with E-state index in [2.05, 4.69) is 24.0 Å². The Morgan fingerprint density at radius 2 is 2.00 bits per heavy atom. The number of nitrogen functional groups attached to an aromatic ring is 1. The van der Waals surface area contributed by atoms with Crippen molar-refractivity contribution in [3.63, 3.8) is 0 Å². The van der Waals surface area contributed by atoms with Crippen LogP contribution in [-0.4, -0.2) is 23.0 Å². The quantitative estimate of drug-likeness (QED) is 0.624. The Hall–Kier alpha value is -1.65. The molecule has 0 unspecified atom stereocenters. The van der Waals surface area contributed by atoms with E-state index in [4.69, 9.17) is 15.2 Å². The zero-order chi connectivity index (χ0) is 18.3. The fraction of sp³-hybridized carbons (Fsp3) is 0.591. The van der Waals surface area contributed by atoms with Crippen molar-refractivity contribution in [2.75, 3.05) is 5.73 Å². The van der Waals surface area contributed by atoms with E-state index in [1.807, 2.05) is 32.2 Å². The van der Waals surface area contributed by atoms with Gasteiger partial charge in [-0.3, -0.25) is 4.98 Å². The number of para-hydroxylation sites is 1. The predicted molar refractivity (Wildman–Crippen MR) is 105 cm³/mol. The van der Waals surface area contributed by atoms with Crippen LogP contribution >= 0.6 is 0 Å². The minimum atomic E-state index is -0.416. The molecule has 0 spiro atoms. The first-order valence-corrected chi connectivity index (χ1v) is 9.92. The summed E-state index contributed by atoms with van der Waals surface area (Å²) in [4.78, 5) is 4.54. The molecule has 2 heterocycles. The van der Waals surface area contributed by atoms with E-state index in [0.29, 0.717) is 11.8 Å². The molecule has 0 bridgehead atoms. The minimum absolute atomic E-state index is 0.283. The Balaban J connectivity index is 1.30. The van der Waals surface area contributed by atoms with E-state index in [9.17, 15) is 0 Å². The predicted octanol–water partition coefficient (Wildman–Crippen LogP) is 4.71. The summed E-state index contributed by atoms with van der Waals surface area (Å²) in [5.74, 6) is 0.814. The molecule has 2 aromatic rings. The number of unbranched alkanes of at least 4 members (excludes halogenated alkanes) is 1. The van der Waals surface area contributed by atoms with Crippen molar-refractivity contribution < 1.29 is 9.47 Å². The highest BCUT2D eigenvalue weighted by molar-refractivity contribution is 5.89. The minimum Gasteiger partial charge on any atom is -0.397 e. The largest absolute Gasteiger partial charge is 0.397 e. The fourth-order valence-electron chi connectivity index (χ4n) is 4.75. The van der Waals surface area contributed by atoms with Gasteiger partial charge in [-0.1, -0.05) is 25.5 Å². The van der Waals surface area contributed by atoms with Crippen LogP contribution in [0.5, 0.6) is 0 Å². The van der Waals surface area contributed by atoms with Gasteiger partial charge in [0.2, 0.25) is 0 Å². The molecule has 0 amide bonds. The highest BCUT2D eigenvalue weighted by Gasteiger charge is 2.51. The summed E-state index contributed by atoms with van der Waals surface area (Å²) in [6.45, 7) is 6.37. The smallest absolute Gasteiger partial charge is 0.163 e. The van der Waals surface area contributed by atoms with Crippen LogP contribution in [-0.2, 0) is 15.9 Å². The molecular weight excluding hydrogens is 324 g/mol. The van der Waals surface area contributed by atoms with E-state index in [0.717, 1.165) is 23.0 Å². The maximum absolute atomic E-state index is 6.19. The topological polar surface area (TPSA) is 57.4 Å². The highest BCUT2D eigenvalue weighted by Crippen LogP contribution is 2.46. The van der Waals surface area contributed by atoms with E-state index in [-0.39, 0.29) is 12.2 Å². The van der Waals surface area contributed by atoms with Crippen LogP contribution in [0.25, 0.3) is 10.9 Å². The average Bonchev–Trinajstić information content (AvgIpc) is 3.06. The average molecular weight is 354 g/mol. The first kappa shape index (κ1) is 17.7. The van der Waals surface area contributed by atoms with Crippen molar-refractivity contribution in [1.82, 2.24) is 4.98 Å². The first-order valence-electron chi connectivity index (χ1n) is 9.92. The number of hydrogen-bond acceptors (Lipinski definition) is 4. The molecule has 1 aromatic carbocycles. The van der Waals surface area contributed by atoms with Crippen molar-refractivity contribution in [3.8, 4) is 0 Å². The van der Waals surface area contributed by atoms with Crippen LogP contribution in [0, 0.1) is 11.8 Å². The molecule has 140 valence electrons. The van der Waals surface area contributed by atoms with E-state index in [1.165, 1.54) is 31.2 Å². The van der Waals surface area contributed by atoms with Gasteiger partial charge in [-0.2, -0.15) is 0 Å². The SMILES string of the molecule is C[C@@H]1C[C@H](CCCCc2cnc3c(N)cccc3c2)[C@H]2OC(C)(C)O[C@H]21. The van der Waals surface area contributed by atoms with Gasteiger partial charge in [-0.15, -0.1) is 0 Å². The summed E-state index contributed by atoms with van der Waals surface area (Å²) < 4.78 is 12.3. The second-order valence-electron chi connectivity index (χ2n) is 8.55. The molecule has 1 saturated carbocycles. The van der Waals surface area contributed by atoms with Crippen molar-refractivity contribution in [1.29, 1.82) is 0 Å². The van der Waals surface area contributed by atoms with E-state index < -0.39 is 5.79 Å². The molecule has 26 heavy (non-hydrogen) atoms. The Morgan fingerprint density at radius 1 is 1.19 bits per heavy atom. The lowest BCUT2D eigenvalue weighted by atomic mass is 9.96. The maximum Gasteiger partial charge on any atom is 0.163 e. The fourth-order valence-corrected chi connectivity index (χ4v) is 4.75. The zero-order valence-electron chi connectivity index (χ0n) is 16.1. The number of nitrogens with zero attached hydrogens (tertiary/aromatic N) is 1. The third-order valence-electron chi connectivity index (χ3n) is 5.95. The van der Waals surface area contributed by atoms with Gasteiger partial charge in [0, 0.05) is 11.6 Å². The van der Waals surface area contributed by atoms with Crippen LogP contribution in [0.3, 0.4) is 0 Å². The Morgan fingerprint density at radius 3 is 2.85 bits per heavy atom. The van der Waals surface area contributed by atoms with Gasteiger partial charge in [0.1, 0.15) is 0 Å². The third-order valence-corrected chi connectivity index (χ3v) is 5.95. The first-order chi connectivity index (χ1) is 12.4. The van der Waals surface area contributed by atoms with E-state index >= 15 is 0 Å². The molecule has 4 atom stereocenters. The number of benzene rings is 1. The normalized spacial score (nSPS) is 30.0. The number of pyridine rings is 1. The van der Waals surface area contributed by atoms with Gasteiger partial charge in [-0.05, 0) is 69.1 Å². The van der Waals surface area contributed by atoms with Crippen molar-refractivity contribution >= 4 is 16.6 Å². The number of hydrogen-bond donors (Lipinski definition) is 1. The summed E-state index contributed by atoms with van der Waals surface area (Å²) in [7, 11) is 0. The second kappa shape index (κ2) is 6.82. The lowest BCUT2D eigenvalue weighted by Gasteiger charge is -2.22. The van der Waals surface area contributed by atoms with Gasteiger partial charge in [0.15, 0.2) is 5.79 Å². The Kier molecular flexibility index (Phi) is 4.66. The van der Waals surface area contributed by atoms with Gasteiger partial charge in [-0.25, -0.2) is 0 Å². The van der Waals surface area contributed by atoms with Crippen LogP contribution in [0.1, 0.15) is 52.0 Å². The monoisotopic (exact) mass is 354 g/mol. The van der Waals surface area contributed by atoms with Gasteiger partial charge < -0.3 is 15.2 Å². The van der Waals surface area contributed by atoms with E-state index in [1.54, 1.807) is 0 Å². The number of rotatable bonds is 5. The zero-order valence-corrected chi connectivity index (χ0v) is 16.1. The molecule has 4 heteroatoms. The van der Waals surface area contributed by atoms with Crippen molar-refractivity contribution in [2.24, 2.45) is 11.8 Å². The summed E-state index contributed by atoms with van der Waals surface area (Å²) in [6.07, 6.45) is 8.46. The highest BCUT2D eigenvalue weighted by atomic mass is 16.8. The summed E-state index contributed by atoms with van der Waals surface area (Å²) in [5, 5.41) is 1.13. The number of fused-ring (bicyclic) bond motifs is 2. The number of aromatic nitrogens is 1. The molecule has 4 rings (SSSR count).